The van der Waals surface area contributed by atoms with Crippen molar-refractivity contribution >= 4 is 15.9 Å². The fraction of sp³-hybridized carbons (Fsp3) is 0.200. The minimum absolute atomic E-state index is 0.212. The summed E-state index contributed by atoms with van der Waals surface area (Å²) in [5.41, 5.74) is 1.29. The molecule has 0 heterocycles. The molecule has 2 aromatic carbocycles. The van der Waals surface area contributed by atoms with Gasteiger partial charge in [0.05, 0.1) is 11.9 Å². The van der Waals surface area contributed by atoms with Gasteiger partial charge in [-0.15, -0.1) is 0 Å². The zero-order valence-corrected chi connectivity index (χ0v) is 12.5. The smallest absolute Gasteiger partial charge is 0.133 e. The molecule has 0 aromatic heterocycles. The molecule has 5 heteroatoms. The highest BCUT2D eigenvalue weighted by molar-refractivity contribution is 9.09. The second kappa shape index (κ2) is 5.87. The number of methoxy groups -OCH3 is 1. The lowest BCUT2D eigenvalue weighted by molar-refractivity contribution is 0.411. The van der Waals surface area contributed by atoms with Crippen LogP contribution in [0.3, 0.4) is 0 Å². The Morgan fingerprint density at radius 2 is 1.65 bits per heavy atom. The van der Waals surface area contributed by atoms with Crippen LogP contribution >= 0.6 is 15.9 Å². The summed E-state index contributed by atoms with van der Waals surface area (Å²) in [5.74, 6) is -2.08. The van der Waals surface area contributed by atoms with Crippen LogP contribution in [0.5, 0.6) is 5.75 Å². The number of aryl methyl sites for hydroxylation is 1. The standard InChI is InChI=1S/C15H12BrF3O/c1-8-5-9(3-4-13(8)20-2)15(16)14-11(18)6-10(17)7-12(14)19/h3-7,15H,1-2H3. The number of alkyl halides is 1. The Balaban J connectivity index is 2.46. The summed E-state index contributed by atoms with van der Waals surface area (Å²) in [4.78, 5) is -0.701. The second-order valence-corrected chi connectivity index (χ2v) is 5.29. The molecule has 0 radical (unpaired) electrons. The normalized spacial score (nSPS) is 12.3. The molecule has 1 nitrogen and oxygen atoms in total. The highest BCUT2D eigenvalue weighted by Gasteiger charge is 2.21. The molecule has 2 rings (SSSR count). The Morgan fingerprint density at radius 1 is 1.05 bits per heavy atom. The van der Waals surface area contributed by atoms with E-state index in [-0.39, 0.29) is 5.56 Å². The molecule has 2 aromatic rings. The SMILES string of the molecule is COc1ccc(C(Br)c2c(F)cc(F)cc2F)cc1C. The van der Waals surface area contributed by atoms with E-state index in [1.807, 2.05) is 6.92 Å². The minimum Gasteiger partial charge on any atom is -0.496 e. The van der Waals surface area contributed by atoms with Gasteiger partial charge in [-0.05, 0) is 24.1 Å². The van der Waals surface area contributed by atoms with Crippen LogP contribution in [0, 0.1) is 24.4 Å². The molecule has 0 aliphatic rings. The van der Waals surface area contributed by atoms with Gasteiger partial charge in [-0.2, -0.15) is 0 Å². The highest BCUT2D eigenvalue weighted by Crippen LogP contribution is 2.36. The molecule has 1 unspecified atom stereocenters. The fourth-order valence-corrected chi connectivity index (χ4v) is 2.74. The summed E-state index contributed by atoms with van der Waals surface area (Å²) >= 11 is 3.26. The lowest BCUT2D eigenvalue weighted by atomic mass is 10.0. The molecule has 0 N–H and O–H groups in total. The molecule has 0 spiro atoms. The Morgan fingerprint density at radius 3 is 2.15 bits per heavy atom. The summed E-state index contributed by atoms with van der Waals surface area (Å²) in [7, 11) is 1.55. The molecular weight excluding hydrogens is 333 g/mol. The molecule has 20 heavy (non-hydrogen) atoms. The molecule has 0 bridgehead atoms. The van der Waals surface area contributed by atoms with Crippen LogP contribution in [0.4, 0.5) is 13.2 Å². The van der Waals surface area contributed by atoms with Gasteiger partial charge in [0, 0.05) is 17.7 Å². The van der Waals surface area contributed by atoms with Gasteiger partial charge < -0.3 is 4.74 Å². The maximum Gasteiger partial charge on any atom is 0.133 e. The van der Waals surface area contributed by atoms with Crippen molar-refractivity contribution in [3.05, 3.63) is 64.5 Å². The number of benzene rings is 2. The topological polar surface area (TPSA) is 9.23 Å². The summed E-state index contributed by atoms with van der Waals surface area (Å²) in [6.07, 6.45) is 0. The predicted octanol–water partition coefficient (Wildman–Crippen LogP) is 4.91. The van der Waals surface area contributed by atoms with Crippen molar-refractivity contribution in [3.63, 3.8) is 0 Å². The van der Waals surface area contributed by atoms with Crippen molar-refractivity contribution in [1.82, 2.24) is 0 Å². The number of halogens is 4. The third kappa shape index (κ3) is 2.82. The molecule has 0 saturated heterocycles. The van der Waals surface area contributed by atoms with Gasteiger partial charge in [0.2, 0.25) is 0 Å². The maximum atomic E-state index is 13.8. The monoisotopic (exact) mass is 344 g/mol. The second-order valence-electron chi connectivity index (χ2n) is 4.37. The predicted molar refractivity (Wildman–Crippen MR) is 74.8 cm³/mol. The van der Waals surface area contributed by atoms with E-state index in [2.05, 4.69) is 15.9 Å². The fourth-order valence-electron chi connectivity index (χ4n) is 2.02. The molecule has 0 fully saturated rings. The van der Waals surface area contributed by atoms with Crippen molar-refractivity contribution < 1.29 is 17.9 Å². The van der Waals surface area contributed by atoms with Crippen LogP contribution in [-0.2, 0) is 0 Å². The maximum absolute atomic E-state index is 13.8. The van der Waals surface area contributed by atoms with E-state index in [9.17, 15) is 13.2 Å². The van der Waals surface area contributed by atoms with Gasteiger partial charge in [-0.1, -0.05) is 28.1 Å². The molecule has 0 aliphatic carbocycles. The van der Waals surface area contributed by atoms with Gasteiger partial charge >= 0.3 is 0 Å². The van der Waals surface area contributed by atoms with Crippen LogP contribution in [0.15, 0.2) is 30.3 Å². The van der Waals surface area contributed by atoms with Crippen LogP contribution in [-0.4, -0.2) is 7.11 Å². The van der Waals surface area contributed by atoms with Crippen LogP contribution in [0.2, 0.25) is 0 Å². The summed E-state index contributed by atoms with van der Waals surface area (Å²) in [5, 5.41) is 0. The quantitative estimate of drug-likeness (QED) is 0.719. The first-order valence-electron chi connectivity index (χ1n) is 5.87. The van der Waals surface area contributed by atoms with E-state index in [1.54, 1.807) is 25.3 Å². The van der Waals surface area contributed by atoms with Crippen molar-refractivity contribution in [3.8, 4) is 5.75 Å². The zero-order valence-electron chi connectivity index (χ0n) is 10.9. The summed E-state index contributed by atoms with van der Waals surface area (Å²) in [6.45, 7) is 1.83. The lowest BCUT2D eigenvalue weighted by Crippen LogP contribution is -2.02. The Kier molecular flexibility index (Phi) is 4.38. The van der Waals surface area contributed by atoms with E-state index in [0.717, 1.165) is 5.56 Å². The van der Waals surface area contributed by atoms with Crippen molar-refractivity contribution in [2.45, 2.75) is 11.8 Å². The molecule has 0 saturated carbocycles. The number of hydrogen-bond acceptors (Lipinski definition) is 1. The molecular formula is C15H12BrF3O. The van der Waals surface area contributed by atoms with Crippen LogP contribution in [0.25, 0.3) is 0 Å². The third-order valence-electron chi connectivity index (χ3n) is 3.01. The average molecular weight is 345 g/mol. The largest absolute Gasteiger partial charge is 0.496 e. The Bertz CT molecular complexity index is 620. The highest BCUT2D eigenvalue weighted by atomic mass is 79.9. The van der Waals surface area contributed by atoms with E-state index in [4.69, 9.17) is 4.74 Å². The number of ether oxygens (including phenoxy) is 1. The van der Waals surface area contributed by atoms with E-state index < -0.39 is 22.3 Å². The van der Waals surface area contributed by atoms with E-state index in [0.29, 0.717) is 23.4 Å². The van der Waals surface area contributed by atoms with Crippen LogP contribution in [0.1, 0.15) is 21.5 Å². The van der Waals surface area contributed by atoms with E-state index >= 15 is 0 Å². The minimum atomic E-state index is -0.936. The van der Waals surface area contributed by atoms with Crippen molar-refractivity contribution in [1.29, 1.82) is 0 Å². The molecule has 106 valence electrons. The van der Waals surface area contributed by atoms with Gasteiger partial charge in [0.15, 0.2) is 0 Å². The van der Waals surface area contributed by atoms with Gasteiger partial charge in [0.25, 0.3) is 0 Å². The Labute approximate surface area is 123 Å². The summed E-state index contributed by atoms with van der Waals surface area (Å²) < 4.78 is 45.6. The Hall–Kier alpha value is -1.49. The van der Waals surface area contributed by atoms with Crippen molar-refractivity contribution in [2.24, 2.45) is 0 Å². The summed E-state index contributed by atoms with van der Waals surface area (Å²) in [6, 6.07) is 6.53. The zero-order chi connectivity index (χ0) is 14.9. The number of rotatable bonds is 3. The van der Waals surface area contributed by atoms with Gasteiger partial charge in [-0.25, -0.2) is 13.2 Å². The lowest BCUT2D eigenvalue weighted by Gasteiger charge is -2.15. The van der Waals surface area contributed by atoms with Crippen LogP contribution < -0.4 is 4.74 Å². The first-order chi connectivity index (χ1) is 9.43. The molecule has 1 atom stereocenters. The molecule has 0 aliphatic heterocycles. The van der Waals surface area contributed by atoms with E-state index in [1.165, 1.54) is 0 Å². The number of hydrogen-bond donors (Lipinski definition) is 0. The third-order valence-corrected chi connectivity index (χ3v) is 4.00. The first-order valence-corrected chi connectivity index (χ1v) is 6.78. The van der Waals surface area contributed by atoms with Gasteiger partial charge in [0.1, 0.15) is 23.2 Å². The van der Waals surface area contributed by atoms with Gasteiger partial charge in [-0.3, -0.25) is 0 Å². The average Bonchev–Trinajstić information content (AvgIpc) is 2.37. The molecule has 0 amide bonds. The van der Waals surface area contributed by atoms with Crippen molar-refractivity contribution in [2.75, 3.05) is 7.11 Å². The first kappa shape index (κ1) is 14.9.